The first-order valence-electron chi connectivity index (χ1n) is 17.8. The Bertz CT molecular complexity index is 1950. The molecular weight excluding hydrogens is 710 g/mol. The van der Waals surface area contributed by atoms with E-state index in [4.69, 9.17) is 14.2 Å². The van der Waals surface area contributed by atoms with Crippen molar-refractivity contribution in [1.29, 1.82) is 0 Å². The van der Waals surface area contributed by atoms with Crippen molar-refractivity contribution in [3.05, 3.63) is 42.1 Å². The van der Waals surface area contributed by atoms with Crippen LogP contribution in [0, 0.1) is 11.8 Å². The zero-order valence-corrected chi connectivity index (χ0v) is 30.7. The van der Waals surface area contributed by atoms with Gasteiger partial charge in [0, 0.05) is 29.9 Å². The van der Waals surface area contributed by atoms with Gasteiger partial charge in [-0.25, -0.2) is 23.0 Å². The maximum absolute atomic E-state index is 14.3. The topological polar surface area (TPSA) is 220 Å². The summed E-state index contributed by atoms with van der Waals surface area (Å²) in [5.41, 5.74) is -0.758. The van der Waals surface area contributed by atoms with Crippen molar-refractivity contribution in [3.8, 4) is 11.5 Å². The van der Waals surface area contributed by atoms with Gasteiger partial charge >= 0.3 is 12.1 Å². The van der Waals surface area contributed by atoms with Gasteiger partial charge in [-0.05, 0) is 62.5 Å². The van der Waals surface area contributed by atoms with Crippen molar-refractivity contribution in [2.75, 3.05) is 20.3 Å². The number of ether oxygens (including phenoxy) is 3. The second-order valence-corrected chi connectivity index (χ2v) is 16.4. The zero-order valence-electron chi connectivity index (χ0n) is 29.9. The number of sulfonamides is 1. The van der Waals surface area contributed by atoms with Gasteiger partial charge in [0.2, 0.25) is 21.8 Å². The van der Waals surface area contributed by atoms with Crippen LogP contribution in [0.25, 0.3) is 10.9 Å². The van der Waals surface area contributed by atoms with Gasteiger partial charge in [-0.15, -0.1) is 6.58 Å². The molecule has 2 aromatic rings. The van der Waals surface area contributed by atoms with Gasteiger partial charge in [0.25, 0.3) is 5.91 Å². The van der Waals surface area contributed by atoms with E-state index in [2.05, 4.69) is 26.9 Å². The summed E-state index contributed by atoms with van der Waals surface area (Å²) >= 11 is 0. The quantitative estimate of drug-likeness (QED) is 0.271. The van der Waals surface area contributed by atoms with Gasteiger partial charge in [-0.3, -0.25) is 19.1 Å². The number of pyridine rings is 1. The fourth-order valence-corrected chi connectivity index (χ4v) is 8.42. The van der Waals surface area contributed by atoms with Crippen LogP contribution in [-0.4, -0.2) is 102 Å². The molecule has 17 heteroatoms. The lowest BCUT2D eigenvalue weighted by atomic mass is 10.0. The highest BCUT2D eigenvalue weighted by Crippen LogP contribution is 2.45. The van der Waals surface area contributed by atoms with E-state index >= 15 is 0 Å². The second kappa shape index (κ2) is 14.8. The summed E-state index contributed by atoms with van der Waals surface area (Å²) in [5, 5.41) is 15.1. The lowest BCUT2D eigenvalue weighted by Gasteiger charge is -2.31. The Balaban J connectivity index is 1.37. The first-order chi connectivity index (χ1) is 25.2. The van der Waals surface area contributed by atoms with E-state index < -0.39 is 80.6 Å². The van der Waals surface area contributed by atoms with Crippen LogP contribution in [0.15, 0.2) is 30.9 Å². The fraction of sp³-hybridized carbons (Fsp3) is 0.556. The largest absolute Gasteiger partial charge is 0.496 e. The predicted molar refractivity (Wildman–Crippen MR) is 190 cm³/mol. The molecule has 4 bridgehead atoms. The maximum atomic E-state index is 14.3. The molecule has 4 amide bonds. The molecule has 3 fully saturated rings. The number of hydrogen-bond acceptors (Lipinski definition) is 11. The number of amides is 4. The molecule has 5 atom stereocenters. The Morgan fingerprint density at radius 1 is 1.17 bits per heavy atom. The van der Waals surface area contributed by atoms with Crippen LogP contribution >= 0.6 is 0 Å². The molecule has 1 saturated heterocycles. The van der Waals surface area contributed by atoms with Crippen molar-refractivity contribution in [3.63, 3.8) is 0 Å². The number of carbonyl (C=O) groups excluding carboxylic acids is 4. The molecule has 2 aliphatic heterocycles. The van der Waals surface area contributed by atoms with Crippen molar-refractivity contribution in [2.45, 2.75) is 94.2 Å². The van der Waals surface area contributed by atoms with Gasteiger partial charge in [0.05, 0.1) is 31.0 Å². The highest BCUT2D eigenvalue weighted by Gasteiger charge is 2.62. The summed E-state index contributed by atoms with van der Waals surface area (Å²) in [7, 11) is -2.43. The third-order valence-corrected chi connectivity index (χ3v) is 12.1. The smallest absolute Gasteiger partial charge is 0.407 e. The summed E-state index contributed by atoms with van der Waals surface area (Å²) in [6.07, 6.45) is 3.28. The fourth-order valence-electron chi connectivity index (χ4n) is 7.05. The Labute approximate surface area is 307 Å². The number of carboxylic acids is 1. The number of aromatic carboxylic acids is 1. The number of benzene rings is 1. The van der Waals surface area contributed by atoms with Crippen molar-refractivity contribution in [2.24, 2.45) is 11.8 Å². The monoisotopic (exact) mass is 755 g/mol. The lowest BCUT2D eigenvalue weighted by molar-refractivity contribution is -0.141. The molecule has 6 rings (SSSR count). The summed E-state index contributed by atoms with van der Waals surface area (Å²) in [6.45, 7) is 7.17. The number of cyclic esters (lactones) is 1. The molecule has 0 unspecified atom stereocenters. The van der Waals surface area contributed by atoms with Crippen molar-refractivity contribution < 1.29 is 51.7 Å². The average molecular weight is 756 g/mol. The molecule has 286 valence electrons. The van der Waals surface area contributed by atoms with Crippen LogP contribution in [-0.2, 0) is 35.6 Å². The van der Waals surface area contributed by atoms with Gasteiger partial charge in [-0.2, -0.15) is 0 Å². The minimum Gasteiger partial charge on any atom is -0.496 e. The lowest BCUT2D eigenvalue weighted by Crippen LogP contribution is -2.59. The predicted octanol–water partition coefficient (Wildman–Crippen LogP) is 2.44. The number of aromatic nitrogens is 1. The minimum absolute atomic E-state index is 0.0844. The van der Waals surface area contributed by atoms with Crippen LogP contribution in [0.2, 0.25) is 0 Å². The molecule has 0 spiro atoms. The Hall–Kier alpha value is -4.93. The van der Waals surface area contributed by atoms with E-state index in [0.29, 0.717) is 48.8 Å². The van der Waals surface area contributed by atoms with Crippen LogP contribution in [0.4, 0.5) is 4.79 Å². The molecule has 2 saturated carbocycles. The van der Waals surface area contributed by atoms with Gasteiger partial charge in [0.15, 0.2) is 5.69 Å². The number of carbonyl (C=O) groups is 5. The van der Waals surface area contributed by atoms with E-state index in [1.165, 1.54) is 24.2 Å². The summed E-state index contributed by atoms with van der Waals surface area (Å²) in [5.74, 6) is -3.83. The number of nitrogens with one attached hydrogen (secondary N) is 3. The number of fused-ring (bicyclic) bond motifs is 3. The molecule has 3 heterocycles. The first kappa shape index (κ1) is 37.8. The zero-order chi connectivity index (χ0) is 38.2. The van der Waals surface area contributed by atoms with Gasteiger partial charge in [0.1, 0.15) is 35.2 Å². The molecule has 4 aliphatic rings. The van der Waals surface area contributed by atoms with E-state index in [1.54, 1.807) is 19.9 Å². The van der Waals surface area contributed by atoms with E-state index in [1.807, 2.05) is 6.07 Å². The third kappa shape index (κ3) is 7.89. The summed E-state index contributed by atoms with van der Waals surface area (Å²) < 4.78 is 44.9. The average Bonchev–Trinajstić information content (AvgIpc) is 4.04. The van der Waals surface area contributed by atoms with E-state index in [9.17, 15) is 37.5 Å². The Morgan fingerprint density at radius 2 is 1.92 bits per heavy atom. The standard InChI is InChI=1S/C36H45N5O11S/c1-5-21-17-36(21,34(46)40-53(48,49)23-10-11-23)39-31(42)27-14-22-18-41(27)32(43)30(19(2)3)38-35(47)51-12-8-6-7-9-20-13-24-25(15-28(20)50-4)37-26(33(44)45)16-29(24)52-22/h5,13,15-16,19,21-23,27,30H,1,6-12,14,17-18H2,2-4H3,(H,38,47)(H,39,42)(H,40,46)(H,44,45)/t21-,22-,27+,30+,36-/m1/s1. The number of rotatable bonds is 9. The normalized spacial score (nSPS) is 26.5. The minimum atomic E-state index is -3.93. The number of carboxylic acid groups (broad SMARTS) is 1. The summed E-state index contributed by atoms with van der Waals surface area (Å²) in [6, 6.07) is 2.43. The molecule has 4 N–H and O–H groups in total. The Kier molecular flexibility index (Phi) is 10.6. The van der Waals surface area contributed by atoms with Gasteiger partial charge < -0.3 is 34.9 Å². The van der Waals surface area contributed by atoms with Crippen LogP contribution in [0.5, 0.6) is 11.5 Å². The highest BCUT2D eigenvalue weighted by atomic mass is 32.2. The first-order valence-corrected chi connectivity index (χ1v) is 19.4. The number of hydrogen-bond donors (Lipinski definition) is 4. The van der Waals surface area contributed by atoms with Crippen LogP contribution in [0.3, 0.4) is 0 Å². The Morgan fingerprint density at radius 3 is 2.57 bits per heavy atom. The molecule has 16 nitrogen and oxygen atoms in total. The highest BCUT2D eigenvalue weighted by molar-refractivity contribution is 7.91. The molecule has 2 aliphatic carbocycles. The van der Waals surface area contributed by atoms with Crippen molar-refractivity contribution >= 4 is 50.7 Å². The second-order valence-electron chi connectivity index (χ2n) is 14.5. The van der Waals surface area contributed by atoms with Gasteiger partial charge in [-0.1, -0.05) is 19.9 Å². The van der Waals surface area contributed by atoms with Crippen LogP contribution in [0.1, 0.15) is 74.8 Å². The molecule has 53 heavy (non-hydrogen) atoms. The SMILES string of the molecule is C=C[C@@H]1C[C@]1(NC(=O)[C@@H]1C[C@@H]2CN1C(=O)[C@H](C(C)C)NC(=O)OCCCCCc1cc3c(cc(C(=O)O)nc3cc1OC)O2)C(=O)NS(=O)(=O)C1CC1. The molecule has 1 aromatic carbocycles. The maximum Gasteiger partial charge on any atom is 0.407 e. The molecular formula is C36H45N5O11S. The van der Waals surface area contributed by atoms with Crippen LogP contribution < -0.4 is 24.8 Å². The van der Waals surface area contributed by atoms with Crippen molar-refractivity contribution in [1.82, 2.24) is 25.2 Å². The number of aryl methyl sites for hydroxylation is 1. The van der Waals surface area contributed by atoms with E-state index in [0.717, 1.165) is 12.0 Å². The third-order valence-electron chi connectivity index (χ3n) is 10.3. The number of alkyl carbamates (subject to hydrolysis) is 1. The molecule has 1 aromatic heterocycles. The summed E-state index contributed by atoms with van der Waals surface area (Å²) in [4.78, 5) is 72.6. The molecule has 0 radical (unpaired) electrons. The number of nitrogens with zero attached hydrogens (tertiary/aromatic N) is 2. The number of methoxy groups -OCH3 is 1. The van der Waals surface area contributed by atoms with E-state index in [-0.39, 0.29) is 37.4 Å².